The molecule has 1 atom stereocenters. The van der Waals surface area contributed by atoms with Gasteiger partial charge in [0.15, 0.2) is 11.5 Å². The van der Waals surface area contributed by atoms with Crippen LogP contribution in [0, 0.1) is 0 Å². The molecule has 1 aromatic carbocycles. The number of pyridine rings is 1. The molecule has 3 heterocycles. The number of benzene rings is 1. The zero-order valence-electron chi connectivity index (χ0n) is 16.2. The molecule has 4 rings (SSSR count). The van der Waals surface area contributed by atoms with Crippen molar-refractivity contribution in [1.29, 1.82) is 0 Å². The summed E-state index contributed by atoms with van der Waals surface area (Å²) in [5, 5.41) is 10.1. The first kappa shape index (κ1) is 18.8. The Balaban J connectivity index is 1.44. The van der Waals surface area contributed by atoms with Crippen molar-refractivity contribution in [2.45, 2.75) is 25.3 Å². The van der Waals surface area contributed by atoms with Crippen molar-refractivity contribution in [3.8, 4) is 11.5 Å². The van der Waals surface area contributed by atoms with Crippen LogP contribution in [-0.2, 0) is 6.54 Å². The van der Waals surface area contributed by atoms with Crippen LogP contribution in [0.25, 0.3) is 11.0 Å². The summed E-state index contributed by atoms with van der Waals surface area (Å²) in [6.45, 7) is 3.26. The Bertz CT molecular complexity index is 891. The van der Waals surface area contributed by atoms with Gasteiger partial charge in [-0.2, -0.15) is 0 Å². The van der Waals surface area contributed by atoms with Crippen molar-refractivity contribution >= 4 is 11.0 Å². The highest BCUT2D eigenvalue weighted by Gasteiger charge is 2.23. The van der Waals surface area contributed by atoms with Gasteiger partial charge in [-0.3, -0.25) is 4.90 Å². The van der Waals surface area contributed by atoms with Gasteiger partial charge in [-0.25, -0.2) is 4.98 Å². The fourth-order valence-corrected chi connectivity index (χ4v) is 4.00. The maximum Gasteiger partial charge on any atom is 0.161 e. The summed E-state index contributed by atoms with van der Waals surface area (Å²) in [4.78, 5) is 10.4. The first-order valence-electron chi connectivity index (χ1n) is 9.83. The number of H-pyrrole nitrogens is 1. The fourth-order valence-electron chi connectivity index (χ4n) is 4.00. The van der Waals surface area contributed by atoms with Crippen LogP contribution in [0.15, 0.2) is 42.6 Å². The summed E-state index contributed by atoms with van der Waals surface area (Å²) in [6, 6.07) is 12.4. The minimum Gasteiger partial charge on any atom is -0.493 e. The number of aromatic amines is 1. The number of methoxy groups -OCH3 is 1. The topological polar surface area (TPSA) is 70.6 Å². The lowest BCUT2D eigenvalue weighted by Crippen LogP contribution is -2.34. The van der Waals surface area contributed by atoms with Crippen molar-refractivity contribution in [3.05, 3.63) is 53.9 Å². The monoisotopic (exact) mass is 381 g/mol. The van der Waals surface area contributed by atoms with Crippen molar-refractivity contribution in [2.75, 3.05) is 33.4 Å². The predicted octanol–water partition coefficient (Wildman–Crippen LogP) is 3.32. The number of aromatic nitrogens is 2. The molecule has 6 nitrogen and oxygen atoms in total. The lowest BCUT2D eigenvalue weighted by atomic mass is 9.94. The molecule has 1 saturated heterocycles. The minimum atomic E-state index is -0.0106. The van der Waals surface area contributed by atoms with Gasteiger partial charge in [0.1, 0.15) is 12.3 Å². The normalized spacial score (nSPS) is 17.7. The van der Waals surface area contributed by atoms with E-state index < -0.39 is 0 Å². The second-order valence-electron chi connectivity index (χ2n) is 7.30. The summed E-state index contributed by atoms with van der Waals surface area (Å²) in [5.74, 6) is 1.88. The number of hydrogen-bond acceptors (Lipinski definition) is 5. The third kappa shape index (κ3) is 4.13. The van der Waals surface area contributed by atoms with Crippen LogP contribution in [0.1, 0.15) is 30.0 Å². The molecule has 0 bridgehead atoms. The second-order valence-corrected chi connectivity index (χ2v) is 7.30. The maximum absolute atomic E-state index is 8.95. The number of rotatable bonds is 7. The Kier molecular flexibility index (Phi) is 5.78. The third-order valence-corrected chi connectivity index (χ3v) is 5.34. The first-order chi connectivity index (χ1) is 13.8. The van der Waals surface area contributed by atoms with Crippen LogP contribution in [0.2, 0.25) is 0 Å². The van der Waals surface area contributed by atoms with Crippen LogP contribution in [-0.4, -0.2) is 53.4 Å². The zero-order chi connectivity index (χ0) is 19.3. The highest BCUT2D eigenvalue weighted by molar-refractivity contribution is 5.76. The molecule has 1 fully saturated rings. The van der Waals surface area contributed by atoms with Gasteiger partial charge in [-0.05, 0) is 55.3 Å². The smallest absolute Gasteiger partial charge is 0.161 e. The van der Waals surface area contributed by atoms with Gasteiger partial charge in [0.25, 0.3) is 0 Å². The number of likely N-dealkylation sites (tertiary alicyclic amines) is 1. The number of nitrogens with one attached hydrogen (secondary N) is 1. The Morgan fingerprint density at radius 3 is 3.00 bits per heavy atom. The van der Waals surface area contributed by atoms with Crippen LogP contribution >= 0.6 is 0 Å². The number of piperidine rings is 1. The summed E-state index contributed by atoms with van der Waals surface area (Å²) in [5.41, 5.74) is 3.45. The Labute approximate surface area is 165 Å². The molecule has 0 amide bonds. The highest BCUT2D eigenvalue weighted by Crippen LogP contribution is 2.31. The van der Waals surface area contributed by atoms with Gasteiger partial charge in [0, 0.05) is 36.3 Å². The quantitative estimate of drug-likeness (QED) is 0.657. The molecule has 1 aliphatic heterocycles. The zero-order valence-corrected chi connectivity index (χ0v) is 16.2. The molecule has 0 saturated carbocycles. The molecule has 2 aromatic heterocycles. The number of aliphatic hydroxyl groups excluding tert-OH is 1. The molecular weight excluding hydrogens is 354 g/mol. The van der Waals surface area contributed by atoms with Gasteiger partial charge in [0.2, 0.25) is 0 Å². The number of ether oxygens (including phenoxy) is 2. The molecule has 1 aliphatic rings. The molecule has 3 aromatic rings. The molecule has 0 radical (unpaired) electrons. The van der Waals surface area contributed by atoms with E-state index in [4.69, 9.17) is 14.6 Å². The molecule has 2 N–H and O–H groups in total. The standard InChI is InChI=1S/C22H27N3O3/c1-27-21-12-16(6-7-20(21)28-11-10-26)14-25-9-3-5-18(15-25)19-13-17-4-2-8-23-22(17)24-19/h2,4,6-8,12-13,18,26H,3,5,9-11,14-15H2,1H3,(H,23,24). The van der Waals surface area contributed by atoms with E-state index in [0.717, 1.165) is 25.3 Å². The van der Waals surface area contributed by atoms with Crippen LogP contribution < -0.4 is 9.47 Å². The molecule has 1 unspecified atom stereocenters. The maximum atomic E-state index is 8.95. The third-order valence-electron chi connectivity index (χ3n) is 5.34. The number of aliphatic hydroxyl groups is 1. The summed E-state index contributed by atoms with van der Waals surface area (Å²) in [6.07, 6.45) is 4.21. The number of hydrogen-bond donors (Lipinski definition) is 2. The average molecular weight is 381 g/mol. The summed E-state index contributed by atoms with van der Waals surface area (Å²) >= 11 is 0. The van der Waals surface area contributed by atoms with E-state index in [2.05, 4.69) is 33.1 Å². The largest absolute Gasteiger partial charge is 0.493 e. The van der Waals surface area contributed by atoms with Gasteiger partial charge in [0.05, 0.1) is 13.7 Å². The fraction of sp³-hybridized carbons (Fsp3) is 0.409. The molecule has 148 valence electrons. The SMILES string of the molecule is COc1cc(CN2CCCC(c3cc4cccnc4[nH]3)C2)ccc1OCCO. The highest BCUT2D eigenvalue weighted by atomic mass is 16.5. The van der Waals surface area contributed by atoms with Crippen molar-refractivity contribution in [2.24, 2.45) is 0 Å². The molecule has 28 heavy (non-hydrogen) atoms. The average Bonchev–Trinajstić information content (AvgIpc) is 3.17. The van der Waals surface area contributed by atoms with Crippen LogP contribution in [0.3, 0.4) is 0 Å². The number of nitrogens with zero attached hydrogens (tertiary/aromatic N) is 2. The molecule has 0 aliphatic carbocycles. The summed E-state index contributed by atoms with van der Waals surface area (Å²) in [7, 11) is 1.64. The predicted molar refractivity (Wildman–Crippen MR) is 109 cm³/mol. The van der Waals surface area contributed by atoms with Crippen molar-refractivity contribution < 1.29 is 14.6 Å². The van der Waals surface area contributed by atoms with Crippen LogP contribution in [0.5, 0.6) is 11.5 Å². The Morgan fingerprint density at radius 2 is 2.18 bits per heavy atom. The molecular formula is C22H27N3O3. The van der Waals surface area contributed by atoms with E-state index in [0.29, 0.717) is 17.4 Å². The first-order valence-corrected chi connectivity index (χ1v) is 9.83. The van der Waals surface area contributed by atoms with E-state index in [1.165, 1.54) is 29.5 Å². The van der Waals surface area contributed by atoms with E-state index in [9.17, 15) is 0 Å². The van der Waals surface area contributed by atoms with E-state index in [1.807, 2.05) is 24.4 Å². The van der Waals surface area contributed by atoms with E-state index in [-0.39, 0.29) is 13.2 Å². The van der Waals surface area contributed by atoms with Gasteiger partial charge < -0.3 is 19.6 Å². The van der Waals surface area contributed by atoms with Gasteiger partial charge >= 0.3 is 0 Å². The minimum absolute atomic E-state index is 0.0106. The van der Waals surface area contributed by atoms with Gasteiger partial charge in [-0.15, -0.1) is 0 Å². The molecule has 0 spiro atoms. The van der Waals surface area contributed by atoms with E-state index in [1.54, 1.807) is 7.11 Å². The summed E-state index contributed by atoms with van der Waals surface area (Å²) < 4.78 is 11.0. The van der Waals surface area contributed by atoms with Crippen molar-refractivity contribution in [3.63, 3.8) is 0 Å². The van der Waals surface area contributed by atoms with Crippen molar-refractivity contribution in [1.82, 2.24) is 14.9 Å². The Morgan fingerprint density at radius 1 is 1.25 bits per heavy atom. The number of fused-ring (bicyclic) bond motifs is 1. The lowest BCUT2D eigenvalue weighted by Gasteiger charge is -2.32. The Hall–Kier alpha value is -2.57. The van der Waals surface area contributed by atoms with Gasteiger partial charge in [-0.1, -0.05) is 6.07 Å². The van der Waals surface area contributed by atoms with E-state index >= 15 is 0 Å². The lowest BCUT2D eigenvalue weighted by molar-refractivity contribution is 0.194. The second kappa shape index (κ2) is 8.63. The van der Waals surface area contributed by atoms with Crippen LogP contribution in [0.4, 0.5) is 0 Å². The molecule has 6 heteroatoms.